The van der Waals surface area contributed by atoms with Crippen LogP contribution in [0.4, 0.5) is 4.79 Å². The number of morpholine rings is 1. The molecule has 0 aliphatic carbocycles. The van der Waals surface area contributed by atoms with E-state index < -0.39 is 24.0 Å². The predicted molar refractivity (Wildman–Crippen MR) is 63.6 cm³/mol. The largest absolute Gasteiger partial charge is 0.480 e. The van der Waals surface area contributed by atoms with E-state index in [1.54, 1.807) is 6.92 Å². The van der Waals surface area contributed by atoms with Gasteiger partial charge in [0, 0.05) is 13.1 Å². The van der Waals surface area contributed by atoms with Gasteiger partial charge in [-0.3, -0.25) is 4.79 Å². The molecule has 0 spiro atoms. The molecule has 2 amide bonds. The van der Waals surface area contributed by atoms with Crippen molar-refractivity contribution in [2.24, 2.45) is 0 Å². The number of carbonyl (C=O) groups is 3. The van der Waals surface area contributed by atoms with Crippen molar-refractivity contribution in [2.75, 3.05) is 40.0 Å². The van der Waals surface area contributed by atoms with Crippen LogP contribution in [0, 0.1) is 0 Å². The summed E-state index contributed by atoms with van der Waals surface area (Å²) in [5.74, 6) is -1.67. The molecule has 1 aliphatic heterocycles. The summed E-state index contributed by atoms with van der Waals surface area (Å²) in [7, 11) is 1.23. The van der Waals surface area contributed by atoms with Gasteiger partial charge < -0.3 is 24.4 Å². The van der Waals surface area contributed by atoms with Crippen LogP contribution < -0.4 is 0 Å². The van der Waals surface area contributed by atoms with Crippen LogP contribution in [-0.4, -0.2) is 78.9 Å². The molecule has 1 aliphatic rings. The number of esters is 1. The van der Waals surface area contributed by atoms with E-state index in [1.807, 2.05) is 0 Å². The molecule has 0 saturated carbocycles. The Hall–Kier alpha value is -1.83. The Balaban J connectivity index is 2.76. The molecular weight excluding hydrogens is 256 g/mol. The number of likely N-dealkylation sites (N-methyl/N-ethyl adjacent to an activating group) is 1. The van der Waals surface area contributed by atoms with Gasteiger partial charge in [-0.1, -0.05) is 0 Å². The average Bonchev–Trinajstić information content (AvgIpc) is 2.43. The second kappa shape index (κ2) is 6.93. The fourth-order valence-corrected chi connectivity index (χ4v) is 1.75. The first kappa shape index (κ1) is 15.2. The number of carboxylic acids is 1. The fourth-order valence-electron chi connectivity index (χ4n) is 1.75. The molecule has 1 saturated heterocycles. The number of aliphatic carboxylic acids is 1. The number of nitrogens with zero attached hydrogens (tertiary/aromatic N) is 2. The summed E-state index contributed by atoms with van der Waals surface area (Å²) in [6.07, 6.45) is 0. The van der Waals surface area contributed by atoms with Gasteiger partial charge in [-0.2, -0.15) is 0 Å². The maximum Gasteiger partial charge on any atom is 0.328 e. The van der Waals surface area contributed by atoms with E-state index in [0.717, 1.165) is 0 Å². The van der Waals surface area contributed by atoms with E-state index in [-0.39, 0.29) is 32.8 Å². The van der Waals surface area contributed by atoms with E-state index in [2.05, 4.69) is 4.74 Å². The zero-order chi connectivity index (χ0) is 14.4. The van der Waals surface area contributed by atoms with Crippen LogP contribution >= 0.6 is 0 Å². The first-order valence-corrected chi connectivity index (χ1v) is 5.94. The lowest BCUT2D eigenvalue weighted by atomic mass is 10.2. The molecule has 1 rings (SSSR count). The highest BCUT2D eigenvalue weighted by molar-refractivity contribution is 5.85. The summed E-state index contributed by atoms with van der Waals surface area (Å²) in [6, 6.07) is -1.52. The van der Waals surface area contributed by atoms with Gasteiger partial charge in [0.25, 0.3) is 0 Å². The molecule has 8 heteroatoms. The number of methoxy groups -OCH3 is 1. The summed E-state index contributed by atoms with van der Waals surface area (Å²) in [5.41, 5.74) is 0. The molecule has 0 radical (unpaired) electrons. The minimum absolute atomic E-state index is 0.0448. The minimum atomic E-state index is -1.12. The molecule has 108 valence electrons. The monoisotopic (exact) mass is 274 g/mol. The summed E-state index contributed by atoms with van der Waals surface area (Å²) >= 11 is 0. The van der Waals surface area contributed by atoms with Crippen molar-refractivity contribution in [3.05, 3.63) is 0 Å². The molecule has 19 heavy (non-hydrogen) atoms. The van der Waals surface area contributed by atoms with E-state index in [1.165, 1.54) is 16.9 Å². The third-order valence-corrected chi connectivity index (χ3v) is 2.86. The Bertz CT molecular complexity index is 359. The molecule has 0 aromatic rings. The lowest BCUT2D eigenvalue weighted by Gasteiger charge is -2.36. The number of urea groups is 1. The Labute approximate surface area is 110 Å². The van der Waals surface area contributed by atoms with E-state index >= 15 is 0 Å². The third-order valence-electron chi connectivity index (χ3n) is 2.86. The standard InChI is InChI=1S/C11H18N2O6/c1-3-12(6-9(14)18-2)11(17)13-4-5-19-7-8(13)10(15)16/h8H,3-7H2,1-2H3,(H,15,16). The van der Waals surface area contributed by atoms with Crippen molar-refractivity contribution in [1.82, 2.24) is 9.80 Å². The SMILES string of the molecule is CCN(CC(=O)OC)C(=O)N1CCOCC1C(=O)O. The first-order chi connectivity index (χ1) is 9.01. The summed E-state index contributed by atoms with van der Waals surface area (Å²) in [4.78, 5) is 37.0. The molecule has 0 bridgehead atoms. The number of ether oxygens (including phenoxy) is 2. The summed E-state index contributed by atoms with van der Waals surface area (Å²) in [6.45, 7) is 2.22. The van der Waals surface area contributed by atoms with Crippen LogP contribution in [0.15, 0.2) is 0 Å². The van der Waals surface area contributed by atoms with Gasteiger partial charge in [-0.25, -0.2) is 9.59 Å². The van der Waals surface area contributed by atoms with Crippen LogP contribution in [0.5, 0.6) is 0 Å². The van der Waals surface area contributed by atoms with Crippen molar-refractivity contribution in [3.8, 4) is 0 Å². The fraction of sp³-hybridized carbons (Fsp3) is 0.727. The van der Waals surface area contributed by atoms with Crippen molar-refractivity contribution in [1.29, 1.82) is 0 Å². The highest BCUT2D eigenvalue weighted by atomic mass is 16.5. The highest BCUT2D eigenvalue weighted by Gasteiger charge is 2.35. The van der Waals surface area contributed by atoms with Gasteiger partial charge in [-0.15, -0.1) is 0 Å². The maximum atomic E-state index is 12.2. The zero-order valence-electron chi connectivity index (χ0n) is 11.0. The van der Waals surface area contributed by atoms with E-state index in [9.17, 15) is 14.4 Å². The Morgan fingerprint density at radius 3 is 2.68 bits per heavy atom. The van der Waals surface area contributed by atoms with Crippen LogP contribution in [0.2, 0.25) is 0 Å². The van der Waals surface area contributed by atoms with E-state index in [4.69, 9.17) is 9.84 Å². The van der Waals surface area contributed by atoms with Gasteiger partial charge >= 0.3 is 18.0 Å². The van der Waals surface area contributed by atoms with Gasteiger partial charge in [0.2, 0.25) is 0 Å². The smallest absolute Gasteiger partial charge is 0.328 e. The number of hydrogen-bond acceptors (Lipinski definition) is 5. The van der Waals surface area contributed by atoms with Gasteiger partial charge in [0.15, 0.2) is 6.04 Å². The Morgan fingerprint density at radius 2 is 2.16 bits per heavy atom. The van der Waals surface area contributed by atoms with Crippen molar-refractivity contribution < 1.29 is 29.0 Å². The molecule has 0 aromatic heterocycles. The molecular formula is C11H18N2O6. The number of carboxylic acid groups (broad SMARTS) is 1. The molecule has 1 fully saturated rings. The first-order valence-electron chi connectivity index (χ1n) is 5.94. The highest BCUT2D eigenvalue weighted by Crippen LogP contribution is 2.11. The van der Waals surface area contributed by atoms with Crippen LogP contribution in [0.25, 0.3) is 0 Å². The topological polar surface area (TPSA) is 96.4 Å². The van der Waals surface area contributed by atoms with Gasteiger partial charge in [0.05, 0.1) is 20.3 Å². The maximum absolute atomic E-state index is 12.2. The number of carbonyl (C=O) groups excluding carboxylic acids is 2. The van der Waals surface area contributed by atoms with Crippen LogP contribution in [-0.2, 0) is 19.1 Å². The van der Waals surface area contributed by atoms with Crippen molar-refractivity contribution in [3.63, 3.8) is 0 Å². The lowest BCUT2D eigenvalue weighted by molar-refractivity contribution is -0.147. The number of rotatable bonds is 4. The quantitative estimate of drug-likeness (QED) is 0.687. The van der Waals surface area contributed by atoms with Crippen molar-refractivity contribution in [2.45, 2.75) is 13.0 Å². The normalized spacial score (nSPS) is 18.8. The Morgan fingerprint density at radius 1 is 1.47 bits per heavy atom. The van der Waals surface area contributed by atoms with Crippen molar-refractivity contribution >= 4 is 18.0 Å². The lowest BCUT2D eigenvalue weighted by Crippen LogP contribution is -2.57. The second-order valence-electron chi connectivity index (χ2n) is 4.00. The second-order valence-corrected chi connectivity index (χ2v) is 4.00. The summed E-state index contributed by atoms with van der Waals surface area (Å²) < 4.78 is 9.56. The number of amides is 2. The molecule has 1 N–H and O–H groups in total. The molecule has 1 heterocycles. The van der Waals surface area contributed by atoms with Gasteiger partial charge in [0.1, 0.15) is 6.54 Å². The molecule has 0 aromatic carbocycles. The minimum Gasteiger partial charge on any atom is -0.480 e. The Kier molecular flexibility index (Phi) is 5.56. The van der Waals surface area contributed by atoms with Crippen LogP contribution in [0.3, 0.4) is 0 Å². The third kappa shape index (κ3) is 3.82. The van der Waals surface area contributed by atoms with Gasteiger partial charge in [-0.05, 0) is 6.92 Å². The zero-order valence-corrected chi connectivity index (χ0v) is 11.0. The average molecular weight is 274 g/mol. The summed E-state index contributed by atoms with van der Waals surface area (Å²) in [5, 5.41) is 9.06. The van der Waals surface area contributed by atoms with E-state index in [0.29, 0.717) is 0 Å². The van der Waals surface area contributed by atoms with Crippen LogP contribution in [0.1, 0.15) is 6.92 Å². The predicted octanol–water partition coefficient (Wildman–Crippen LogP) is -0.613. The number of hydrogen-bond donors (Lipinski definition) is 1. The molecule has 1 unspecified atom stereocenters. The molecule has 1 atom stereocenters. The molecule has 8 nitrogen and oxygen atoms in total.